The second-order valence-electron chi connectivity index (χ2n) is 8.36. The number of fused-ring (bicyclic) bond motifs is 1. The summed E-state index contributed by atoms with van der Waals surface area (Å²) in [6.07, 6.45) is 0. The molecular formula is C25H17BrClN3O6. The van der Waals surface area contributed by atoms with E-state index in [1.54, 1.807) is 36.4 Å². The number of anilines is 1. The number of β-lactam (4-membered cyclic amide) rings is 1. The van der Waals surface area contributed by atoms with Crippen molar-refractivity contribution >= 4 is 56.6 Å². The Morgan fingerprint density at radius 2 is 1.75 bits per heavy atom. The highest BCUT2D eigenvalue weighted by atomic mass is 79.9. The minimum absolute atomic E-state index is 0.103. The summed E-state index contributed by atoms with van der Waals surface area (Å²) in [5.41, 5.74) is 1.04. The zero-order valence-corrected chi connectivity index (χ0v) is 21.2. The van der Waals surface area contributed by atoms with Crippen LogP contribution in [-0.2, 0) is 4.79 Å². The van der Waals surface area contributed by atoms with E-state index in [1.807, 2.05) is 6.92 Å². The molecule has 9 nitrogen and oxygen atoms in total. The maximum atomic E-state index is 13.6. The Labute approximate surface area is 218 Å². The molecule has 2 atom stereocenters. The number of nitro benzene ring substituents is 1. The number of carbonyl (C=O) groups is 3. The summed E-state index contributed by atoms with van der Waals surface area (Å²) in [5.74, 6) is -1.58. The molecule has 0 saturated carbocycles. The third kappa shape index (κ3) is 3.48. The van der Waals surface area contributed by atoms with Crippen LogP contribution in [0.3, 0.4) is 0 Å². The highest BCUT2D eigenvalue weighted by Crippen LogP contribution is 2.46. The smallest absolute Gasteiger partial charge is 0.282 e. The number of aryl methyl sites for hydroxylation is 1. The van der Waals surface area contributed by atoms with Crippen LogP contribution in [0.5, 0.6) is 5.75 Å². The van der Waals surface area contributed by atoms with E-state index in [9.17, 15) is 24.5 Å². The normalized spacial score (nSPS) is 18.8. The molecular weight excluding hydrogens is 554 g/mol. The predicted molar refractivity (Wildman–Crippen MR) is 134 cm³/mol. The Balaban J connectivity index is 1.63. The van der Waals surface area contributed by atoms with Gasteiger partial charge in [0, 0.05) is 16.8 Å². The number of carbonyl (C=O) groups excluding carboxylic acids is 3. The van der Waals surface area contributed by atoms with E-state index in [0.29, 0.717) is 26.5 Å². The van der Waals surface area contributed by atoms with Gasteiger partial charge in [-0.05, 0) is 64.3 Å². The number of hydrogen-bond acceptors (Lipinski definition) is 6. The largest absolute Gasteiger partial charge is 0.496 e. The zero-order chi connectivity index (χ0) is 25.9. The number of methoxy groups -OCH3 is 1. The number of nitrogens with zero attached hydrogens (tertiary/aromatic N) is 3. The molecule has 2 aliphatic rings. The lowest BCUT2D eigenvalue weighted by Crippen LogP contribution is -2.67. The summed E-state index contributed by atoms with van der Waals surface area (Å²) in [6, 6.07) is 12.2. The number of halogens is 2. The van der Waals surface area contributed by atoms with Crippen LogP contribution in [0.15, 0.2) is 59.1 Å². The van der Waals surface area contributed by atoms with Gasteiger partial charge in [0.15, 0.2) is 0 Å². The van der Waals surface area contributed by atoms with E-state index in [1.165, 1.54) is 24.1 Å². The number of benzene rings is 3. The van der Waals surface area contributed by atoms with Gasteiger partial charge in [-0.2, -0.15) is 0 Å². The molecule has 2 heterocycles. The first-order valence-corrected chi connectivity index (χ1v) is 11.9. The first kappa shape index (κ1) is 24.0. The number of hydrogen-bond donors (Lipinski definition) is 0. The molecule has 0 aromatic heterocycles. The average Bonchev–Trinajstić information content (AvgIpc) is 3.09. The highest BCUT2D eigenvalue weighted by Gasteiger charge is 2.58. The quantitative estimate of drug-likeness (QED) is 0.183. The van der Waals surface area contributed by atoms with Crippen molar-refractivity contribution in [3.63, 3.8) is 0 Å². The Morgan fingerprint density at radius 1 is 1.00 bits per heavy atom. The van der Waals surface area contributed by atoms with Crippen LogP contribution in [-0.4, -0.2) is 40.7 Å². The van der Waals surface area contributed by atoms with Crippen molar-refractivity contribution in [1.29, 1.82) is 0 Å². The molecule has 3 aromatic rings. The summed E-state index contributed by atoms with van der Waals surface area (Å²) in [5, 5.41) is 12.0. The van der Waals surface area contributed by atoms with Crippen LogP contribution in [0.4, 0.5) is 11.4 Å². The zero-order valence-electron chi connectivity index (χ0n) is 18.9. The molecule has 2 unspecified atom stereocenters. The van der Waals surface area contributed by atoms with E-state index >= 15 is 0 Å². The highest BCUT2D eigenvalue weighted by molar-refractivity contribution is 9.10. The van der Waals surface area contributed by atoms with Crippen LogP contribution >= 0.6 is 27.5 Å². The fourth-order valence-electron chi connectivity index (χ4n) is 4.63. The monoisotopic (exact) mass is 569 g/mol. The Bertz CT molecular complexity index is 1490. The van der Waals surface area contributed by atoms with Crippen molar-refractivity contribution in [2.45, 2.75) is 19.0 Å². The summed E-state index contributed by atoms with van der Waals surface area (Å²) in [4.78, 5) is 53.4. The van der Waals surface area contributed by atoms with Gasteiger partial charge in [0.2, 0.25) is 0 Å². The molecule has 11 heteroatoms. The number of imide groups is 1. The molecule has 0 radical (unpaired) electrons. The van der Waals surface area contributed by atoms with E-state index in [4.69, 9.17) is 16.3 Å². The summed E-state index contributed by atoms with van der Waals surface area (Å²) in [7, 11) is 1.52. The van der Waals surface area contributed by atoms with Crippen molar-refractivity contribution in [3.05, 3.63) is 96.5 Å². The first-order valence-electron chi connectivity index (χ1n) is 10.7. The minimum atomic E-state index is -1.21. The molecule has 182 valence electrons. The van der Waals surface area contributed by atoms with Crippen LogP contribution < -0.4 is 9.64 Å². The predicted octanol–water partition coefficient (Wildman–Crippen LogP) is 5.08. The molecule has 0 bridgehead atoms. The van der Waals surface area contributed by atoms with Crippen LogP contribution in [0.1, 0.15) is 37.9 Å². The van der Waals surface area contributed by atoms with Crippen LogP contribution in [0.25, 0.3) is 0 Å². The lowest BCUT2D eigenvalue weighted by atomic mass is 9.86. The summed E-state index contributed by atoms with van der Waals surface area (Å²) < 4.78 is 5.92. The molecule has 36 heavy (non-hydrogen) atoms. The topological polar surface area (TPSA) is 110 Å². The minimum Gasteiger partial charge on any atom is -0.496 e. The lowest BCUT2D eigenvalue weighted by Gasteiger charge is -2.49. The van der Waals surface area contributed by atoms with E-state index in [-0.39, 0.29) is 11.1 Å². The van der Waals surface area contributed by atoms with E-state index in [0.717, 1.165) is 16.5 Å². The first-order chi connectivity index (χ1) is 17.1. The standard InChI is InChI=1S/C25H17BrClN3O6/c1-12-6-8-14(11-17(12)27)28-21(13-7-9-19(36-2)16(26)10-13)22(25(28)33)29-23(31)15-4-3-5-18(30(34)35)20(15)24(29)32/h3-11,21-22H,1-2H3. The number of nitro groups is 1. The van der Waals surface area contributed by atoms with Gasteiger partial charge in [0.25, 0.3) is 23.4 Å². The Hall–Kier alpha value is -3.76. The maximum absolute atomic E-state index is 13.6. The van der Waals surface area contributed by atoms with Crippen LogP contribution in [0.2, 0.25) is 5.02 Å². The third-order valence-corrected chi connectivity index (χ3v) is 7.44. The molecule has 0 spiro atoms. The van der Waals surface area contributed by atoms with Gasteiger partial charge in [-0.1, -0.05) is 29.8 Å². The van der Waals surface area contributed by atoms with Crippen molar-refractivity contribution in [2.24, 2.45) is 0 Å². The Kier molecular flexibility index (Phi) is 5.80. The number of ether oxygens (including phenoxy) is 1. The number of amides is 3. The molecule has 0 aliphatic carbocycles. The van der Waals surface area contributed by atoms with Crippen molar-refractivity contribution < 1.29 is 24.0 Å². The summed E-state index contributed by atoms with van der Waals surface area (Å²) >= 11 is 9.76. The van der Waals surface area contributed by atoms with Crippen molar-refractivity contribution in [2.75, 3.05) is 12.0 Å². The molecule has 2 aliphatic heterocycles. The second kappa shape index (κ2) is 8.72. The van der Waals surface area contributed by atoms with E-state index in [2.05, 4.69) is 15.9 Å². The van der Waals surface area contributed by atoms with Gasteiger partial charge < -0.3 is 9.64 Å². The van der Waals surface area contributed by atoms with Gasteiger partial charge in [-0.25, -0.2) is 0 Å². The van der Waals surface area contributed by atoms with Gasteiger partial charge in [0.1, 0.15) is 17.4 Å². The second-order valence-corrected chi connectivity index (χ2v) is 9.62. The molecule has 5 rings (SSSR count). The van der Waals surface area contributed by atoms with Gasteiger partial charge in [-0.15, -0.1) is 0 Å². The number of rotatable bonds is 5. The molecule has 3 aromatic carbocycles. The van der Waals surface area contributed by atoms with Gasteiger partial charge >= 0.3 is 0 Å². The molecule has 1 saturated heterocycles. The van der Waals surface area contributed by atoms with Gasteiger partial charge in [-0.3, -0.25) is 29.4 Å². The maximum Gasteiger partial charge on any atom is 0.282 e. The fraction of sp³-hybridized carbons (Fsp3) is 0.160. The van der Waals surface area contributed by atoms with Crippen molar-refractivity contribution in [3.8, 4) is 5.75 Å². The summed E-state index contributed by atoms with van der Waals surface area (Å²) in [6.45, 7) is 1.83. The molecule has 3 amide bonds. The lowest BCUT2D eigenvalue weighted by molar-refractivity contribution is -0.385. The van der Waals surface area contributed by atoms with E-state index < -0.39 is 40.4 Å². The van der Waals surface area contributed by atoms with Crippen molar-refractivity contribution in [1.82, 2.24) is 4.90 Å². The third-order valence-electron chi connectivity index (χ3n) is 6.42. The SMILES string of the molecule is COc1ccc(C2C(N3C(=O)c4cccc([N+](=O)[O-])c4C3=O)C(=O)N2c2ccc(C)c(Cl)c2)cc1Br. The van der Waals surface area contributed by atoms with Crippen LogP contribution in [0, 0.1) is 17.0 Å². The average molecular weight is 571 g/mol. The fourth-order valence-corrected chi connectivity index (χ4v) is 5.37. The van der Waals surface area contributed by atoms with Gasteiger partial charge in [0.05, 0.1) is 28.1 Å². The Morgan fingerprint density at radius 3 is 2.39 bits per heavy atom. The molecule has 0 N–H and O–H groups in total. The molecule has 1 fully saturated rings.